The molecule has 1 aromatic heterocycles. The average Bonchev–Trinajstić information content (AvgIpc) is 2.78. The van der Waals surface area contributed by atoms with Crippen LogP contribution < -0.4 is 4.74 Å². The van der Waals surface area contributed by atoms with E-state index in [0.29, 0.717) is 32.5 Å². The molecule has 32 heavy (non-hydrogen) atoms. The normalized spacial score (nSPS) is 16.0. The van der Waals surface area contributed by atoms with Crippen molar-refractivity contribution in [2.24, 2.45) is 0 Å². The van der Waals surface area contributed by atoms with Gasteiger partial charge >= 0.3 is 5.97 Å². The van der Waals surface area contributed by atoms with Crippen LogP contribution in [0.25, 0.3) is 11.1 Å². The van der Waals surface area contributed by atoms with E-state index in [2.05, 4.69) is 30.1 Å². The number of nitrogens with zero attached hydrogens (tertiary/aromatic N) is 2. The molecule has 2 aromatic rings. The van der Waals surface area contributed by atoms with Crippen molar-refractivity contribution in [3.8, 4) is 16.9 Å². The van der Waals surface area contributed by atoms with E-state index >= 15 is 0 Å². The standard InChI is InChI=1S/C24H32N2O5S/c1-6-31-21-14-20(15-25-16-21)22-8-7-19(13-17(22)2)18-9-11-26(12-10-18)32(28,29)24(3,4)23(27)30-5/h7-8,13-16,18H,6,9-12H2,1-5H3. The molecule has 0 N–H and O–H groups in total. The Balaban J connectivity index is 1.73. The first-order chi connectivity index (χ1) is 15.1. The number of esters is 1. The van der Waals surface area contributed by atoms with Crippen LogP contribution in [0.5, 0.6) is 5.75 Å². The lowest BCUT2D eigenvalue weighted by Gasteiger charge is -2.35. The van der Waals surface area contributed by atoms with Crippen molar-refractivity contribution < 1.29 is 22.7 Å². The molecule has 7 nitrogen and oxygen atoms in total. The monoisotopic (exact) mass is 460 g/mol. The van der Waals surface area contributed by atoms with Crippen molar-refractivity contribution in [3.63, 3.8) is 0 Å². The zero-order valence-corrected chi connectivity index (χ0v) is 20.2. The quantitative estimate of drug-likeness (QED) is 0.582. The molecule has 3 rings (SSSR count). The third kappa shape index (κ3) is 4.66. The highest BCUT2D eigenvalue weighted by atomic mass is 32.2. The smallest absolute Gasteiger partial charge is 0.328 e. The Morgan fingerprint density at radius 3 is 2.47 bits per heavy atom. The summed E-state index contributed by atoms with van der Waals surface area (Å²) in [7, 11) is -2.59. The van der Waals surface area contributed by atoms with E-state index in [0.717, 1.165) is 22.4 Å². The molecule has 0 amide bonds. The topological polar surface area (TPSA) is 85.8 Å². The molecule has 1 fully saturated rings. The lowest BCUT2D eigenvalue weighted by molar-refractivity contribution is -0.142. The van der Waals surface area contributed by atoms with Gasteiger partial charge in [0, 0.05) is 24.8 Å². The zero-order valence-electron chi connectivity index (χ0n) is 19.4. The number of piperidine rings is 1. The molecule has 0 spiro atoms. The summed E-state index contributed by atoms with van der Waals surface area (Å²) >= 11 is 0. The fourth-order valence-corrected chi connectivity index (χ4v) is 5.81. The molecule has 0 atom stereocenters. The van der Waals surface area contributed by atoms with Crippen molar-refractivity contribution in [3.05, 3.63) is 47.8 Å². The van der Waals surface area contributed by atoms with Gasteiger partial charge in [-0.15, -0.1) is 0 Å². The van der Waals surface area contributed by atoms with E-state index in [1.54, 1.807) is 6.20 Å². The Kier molecular flexibility index (Phi) is 7.25. The highest BCUT2D eigenvalue weighted by Crippen LogP contribution is 2.35. The van der Waals surface area contributed by atoms with Gasteiger partial charge in [-0.25, -0.2) is 12.7 Å². The van der Waals surface area contributed by atoms with Gasteiger partial charge < -0.3 is 9.47 Å². The van der Waals surface area contributed by atoms with Crippen LogP contribution in [0.3, 0.4) is 0 Å². The molecule has 174 valence electrons. The van der Waals surface area contributed by atoms with Crippen molar-refractivity contribution in [2.75, 3.05) is 26.8 Å². The van der Waals surface area contributed by atoms with Crippen LogP contribution in [-0.2, 0) is 19.6 Å². The lowest BCUT2D eigenvalue weighted by atomic mass is 9.87. The summed E-state index contributed by atoms with van der Waals surface area (Å²) in [6.07, 6.45) is 4.95. The average molecular weight is 461 g/mol. The highest BCUT2D eigenvalue weighted by molar-refractivity contribution is 7.91. The van der Waals surface area contributed by atoms with Gasteiger partial charge in [0.2, 0.25) is 10.0 Å². The van der Waals surface area contributed by atoms with Gasteiger partial charge in [-0.1, -0.05) is 18.2 Å². The van der Waals surface area contributed by atoms with Crippen molar-refractivity contribution in [1.29, 1.82) is 0 Å². The Hall–Kier alpha value is -2.45. The van der Waals surface area contributed by atoms with E-state index in [-0.39, 0.29) is 5.92 Å². The fourth-order valence-electron chi connectivity index (χ4n) is 4.18. The second kappa shape index (κ2) is 9.58. The Bertz CT molecular complexity index is 1070. The fraction of sp³-hybridized carbons (Fsp3) is 0.500. The first kappa shape index (κ1) is 24.2. The molecular weight excluding hydrogens is 428 g/mol. The number of rotatable bonds is 7. The largest absolute Gasteiger partial charge is 0.492 e. The minimum atomic E-state index is -3.80. The zero-order chi connectivity index (χ0) is 23.5. The first-order valence-electron chi connectivity index (χ1n) is 10.9. The van der Waals surface area contributed by atoms with Crippen LogP contribution in [0.15, 0.2) is 36.7 Å². The predicted molar refractivity (Wildman–Crippen MR) is 124 cm³/mol. The van der Waals surface area contributed by atoms with Crippen LogP contribution in [0, 0.1) is 6.92 Å². The van der Waals surface area contributed by atoms with Gasteiger partial charge in [0.15, 0.2) is 4.75 Å². The second-order valence-corrected chi connectivity index (χ2v) is 11.1. The Morgan fingerprint density at radius 1 is 1.19 bits per heavy atom. The SMILES string of the molecule is CCOc1cncc(-c2ccc(C3CCN(S(=O)(=O)C(C)(C)C(=O)OC)CC3)cc2C)c1. The number of hydrogen-bond acceptors (Lipinski definition) is 6. The summed E-state index contributed by atoms with van der Waals surface area (Å²) in [5.41, 5.74) is 4.44. The number of hydrogen-bond donors (Lipinski definition) is 0. The Labute approximate surface area is 190 Å². The minimum absolute atomic E-state index is 0.267. The summed E-state index contributed by atoms with van der Waals surface area (Å²) < 4.78 is 36.1. The number of carbonyl (C=O) groups excluding carboxylic acids is 1. The van der Waals surface area contributed by atoms with Gasteiger partial charge in [0.25, 0.3) is 0 Å². The molecule has 8 heteroatoms. The van der Waals surface area contributed by atoms with Gasteiger partial charge in [-0.05, 0) is 69.2 Å². The van der Waals surface area contributed by atoms with Crippen LogP contribution >= 0.6 is 0 Å². The van der Waals surface area contributed by atoms with Crippen LogP contribution in [0.4, 0.5) is 0 Å². The van der Waals surface area contributed by atoms with Crippen LogP contribution in [0.2, 0.25) is 0 Å². The number of carbonyl (C=O) groups is 1. The molecule has 0 saturated carbocycles. The number of pyridine rings is 1. The number of methoxy groups -OCH3 is 1. The molecule has 0 radical (unpaired) electrons. The molecule has 2 heterocycles. The van der Waals surface area contributed by atoms with E-state index in [1.807, 2.05) is 19.2 Å². The molecule has 0 bridgehead atoms. The molecule has 0 aliphatic carbocycles. The van der Waals surface area contributed by atoms with Gasteiger partial charge in [0.1, 0.15) is 5.75 Å². The van der Waals surface area contributed by atoms with Crippen molar-refractivity contribution in [1.82, 2.24) is 9.29 Å². The molecular formula is C24H32N2O5S. The third-order valence-electron chi connectivity index (χ3n) is 6.17. The number of ether oxygens (including phenoxy) is 2. The number of aromatic nitrogens is 1. The molecule has 1 saturated heterocycles. The van der Waals surface area contributed by atoms with Gasteiger partial charge in [-0.2, -0.15) is 0 Å². The maximum Gasteiger partial charge on any atom is 0.328 e. The number of aryl methyl sites for hydroxylation is 1. The molecule has 1 aliphatic rings. The third-order valence-corrected chi connectivity index (χ3v) is 8.67. The number of benzene rings is 1. The van der Waals surface area contributed by atoms with E-state index < -0.39 is 20.7 Å². The molecule has 0 unspecified atom stereocenters. The lowest BCUT2D eigenvalue weighted by Crippen LogP contribution is -2.52. The second-order valence-electron chi connectivity index (χ2n) is 8.60. The first-order valence-corrected chi connectivity index (χ1v) is 12.3. The van der Waals surface area contributed by atoms with Gasteiger partial charge in [-0.3, -0.25) is 9.78 Å². The number of sulfonamides is 1. The minimum Gasteiger partial charge on any atom is -0.492 e. The van der Waals surface area contributed by atoms with Gasteiger partial charge in [0.05, 0.1) is 19.9 Å². The van der Waals surface area contributed by atoms with Crippen molar-refractivity contribution in [2.45, 2.75) is 51.2 Å². The predicted octanol–water partition coefficient (Wildman–Crippen LogP) is 3.92. The van der Waals surface area contributed by atoms with E-state index in [1.165, 1.54) is 30.8 Å². The van der Waals surface area contributed by atoms with Crippen LogP contribution in [0.1, 0.15) is 50.7 Å². The van der Waals surface area contributed by atoms with E-state index in [4.69, 9.17) is 9.47 Å². The summed E-state index contributed by atoms with van der Waals surface area (Å²) in [6.45, 7) is 8.18. The summed E-state index contributed by atoms with van der Waals surface area (Å²) in [4.78, 5) is 16.3. The molecule has 1 aromatic carbocycles. The van der Waals surface area contributed by atoms with Crippen molar-refractivity contribution >= 4 is 16.0 Å². The van der Waals surface area contributed by atoms with E-state index in [9.17, 15) is 13.2 Å². The summed E-state index contributed by atoms with van der Waals surface area (Å²) in [5, 5.41) is 0. The van der Waals surface area contributed by atoms with Crippen LogP contribution in [-0.4, -0.2) is 55.2 Å². The summed E-state index contributed by atoms with van der Waals surface area (Å²) in [5.74, 6) is 0.272. The molecule has 1 aliphatic heterocycles. The Morgan fingerprint density at radius 2 is 1.88 bits per heavy atom. The highest BCUT2D eigenvalue weighted by Gasteiger charge is 2.47. The maximum atomic E-state index is 13.0. The maximum absolute atomic E-state index is 13.0. The summed E-state index contributed by atoms with van der Waals surface area (Å²) in [6, 6.07) is 8.38.